The van der Waals surface area contributed by atoms with Crippen LogP contribution < -0.4 is 5.73 Å². The van der Waals surface area contributed by atoms with Gasteiger partial charge in [-0.1, -0.05) is 0 Å². The summed E-state index contributed by atoms with van der Waals surface area (Å²) in [5, 5.41) is 19.0. The summed E-state index contributed by atoms with van der Waals surface area (Å²) < 4.78 is 4.73. The highest BCUT2D eigenvalue weighted by Gasteiger charge is 2.53. The third kappa shape index (κ3) is 1.03. The van der Waals surface area contributed by atoms with Crippen LogP contribution >= 0.6 is 0 Å². The molecule has 0 radical (unpaired) electrons. The molecule has 13 heavy (non-hydrogen) atoms. The van der Waals surface area contributed by atoms with Crippen LogP contribution in [-0.4, -0.2) is 58.6 Å². The zero-order chi connectivity index (χ0) is 9.59. The van der Waals surface area contributed by atoms with Gasteiger partial charge < -0.3 is 20.7 Å². The Morgan fingerprint density at radius 3 is 2.85 bits per heavy atom. The van der Waals surface area contributed by atoms with Crippen molar-refractivity contribution in [3.05, 3.63) is 0 Å². The van der Waals surface area contributed by atoms with Gasteiger partial charge in [0.25, 0.3) is 0 Å². The van der Waals surface area contributed by atoms with E-state index < -0.39 is 30.4 Å². The third-order valence-electron chi connectivity index (χ3n) is 2.68. The molecule has 2 aliphatic heterocycles. The van der Waals surface area contributed by atoms with Crippen molar-refractivity contribution >= 4 is 6.09 Å². The van der Waals surface area contributed by atoms with Gasteiger partial charge in [-0.2, -0.15) is 0 Å². The van der Waals surface area contributed by atoms with E-state index in [9.17, 15) is 15.0 Å². The monoisotopic (exact) mass is 188 g/mol. The average molecular weight is 188 g/mol. The van der Waals surface area contributed by atoms with Crippen LogP contribution in [0.5, 0.6) is 0 Å². The molecule has 0 unspecified atom stereocenters. The first-order chi connectivity index (χ1) is 6.16. The second-order valence-electron chi connectivity index (χ2n) is 3.34. The van der Waals surface area contributed by atoms with Crippen molar-refractivity contribution in [3.63, 3.8) is 0 Å². The van der Waals surface area contributed by atoms with Gasteiger partial charge in [-0.25, -0.2) is 4.79 Å². The molecule has 6 nitrogen and oxygen atoms in total. The van der Waals surface area contributed by atoms with Crippen LogP contribution in [0.4, 0.5) is 4.79 Å². The summed E-state index contributed by atoms with van der Waals surface area (Å²) in [6, 6.07) is -0.953. The lowest BCUT2D eigenvalue weighted by molar-refractivity contribution is 0.0198. The normalized spacial score (nSPS) is 43.6. The molecule has 2 aliphatic rings. The fraction of sp³-hybridized carbons (Fsp3) is 0.857. The van der Waals surface area contributed by atoms with Crippen LogP contribution in [0.3, 0.4) is 0 Å². The highest BCUT2D eigenvalue weighted by atomic mass is 16.6. The fourth-order valence-corrected chi connectivity index (χ4v) is 1.96. The second kappa shape index (κ2) is 2.83. The van der Waals surface area contributed by atoms with Crippen LogP contribution in [-0.2, 0) is 4.74 Å². The first-order valence-electron chi connectivity index (χ1n) is 4.18. The van der Waals surface area contributed by atoms with Crippen LogP contribution in [0.15, 0.2) is 0 Å². The number of aliphatic hydroxyl groups is 2. The number of amides is 1. The summed E-state index contributed by atoms with van der Waals surface area (Å²) in [7, 11) is 0. The number of fused-ring (bicyclic) bond motifs is 1. The molecule has 2 heterocycles. The lowest BCUT2D eigenvalue weighted by Crippen LogP contribution is -2.43. The van der Waals surface area contributed by atoms with Crippen molar-refractivity contribution in [1.29, 1.82) is 0 Å². The maximum Gasteiger partial charge on any atom is 0.410 e. The number of nitrogens with two attached hydrogens (primary N) is 1. The molecule has 2 saturated heterocycles. The van der Waals surface area contributed by atoms with E-state index in [1.54, 1.807) is 0 Å². The average Bonchev–Trinajstić information content (AvgIpc) is 2.58. The summed E-state index contributed by atoms with van der Waals surface area (Å²) >= 11 is 0. The minimum absolute atomic E-state index is 0.129. The molecule has 0 bridgehead atoms. The number of rotatable bonds is 1. The predicted octanol–water partition coefficient (Wildman–Crippen LogP) is -2.13. The van der Waals surface area contributed by atoms with E-state index in [0.29, 0.717) is 0 Å². The second-order valence-corrected chi connectivity index (χ2v) is 3.34. The lowest BCUT2D eigenvalue weighted by atomic mass is 10.1. The zero-order valence-electron chi connectivity index (χ0n) is 6.96. The number of nitrogens with zero attached hydrogens (tertiary/aromatic N) is 1. The first-order valence-corrected chi connectivity index (χ1v) is 4.18. The first kappa shape index (κ1) is 8.74. The molecule has 1 amide bonds. The summed E-state index contributed by atoms with van der Waals surface area (Å²) in [6.07, 6.45) is -2.40. The van der Waals surface area contributed by atoms with E-state index in [1.807, 2.05) is 0 Å². The van der Waals surface area contributed by atoms with Crippen molar-refractivity contribution in [1.82, 2.24) is 4.90 Å². The molecule has 0 aromatic heterocycles. The Balaban J connectivity index is 2.25. The third-order valence-corrected chi connectivity index (χ3v) is 2.68. The standard InChI is InChI=1S/C7H12N2O4/c8-1-3-5(10)6(11)4-2-13-7(12)9(3)4/h3-6,10-11H,1-2,8H2/t3-,4-,5+,6-/m1/s1. The highest BCUT2D eigenvalue weighted by Crippen LogP contribution is 2.29. The lowest BCUT2D eigenvalue weighted by Gasteiger charge is -2.20. The van der Waals surface area contributed by atoms with Gasteiger partial charge in [0.2, 0.25) is 0 Å². The van der Waals surface area contributed by atoms with Crippen LogP contribution in [0, 0.1) is 0 Å². The zero-order valence-corrected chi connectivity index (χ0v) is 6.96. The Labute approximate surface area is 74.9 Å². The summed E-state index contributed by atoms with van der Waals surface area (Å²) in [5.74, 6) is 0. The molecule has 0 aliphatic carbocycles. The molecular weight excluding hydrogens is 176 g/mol. The van der Waals surface area contributed by atoms with Crippen molar-refractivity contribution in [3.8, 4) is 0 Å². The molecule has 6 heteroatoms. The Bertz CT molecular complexity index is 233. The van der Waals surface area contributed by atoms with E-state index in [2.05, 4.69) is 0 Å². The predicted molar refractivity (Wildman–Crippen MR) is 41.8 cm³/mol. The van der Waals surface area contributed by atoms with E-state index in [-0.39, 0.29) is 13.2 Å². The number of hydrogen-bond acceptors (Lipinski definition) is 5. The summed E-state index contributed by atoms with van der Waals surface area (Å²) in [5.41, 5.74) is 5.38. The van der Waals surface area contributed by atoms with Gasteiger partial charge in [0.1, 0.15) is 18.8 Å². The van der Waals surface area contributed by atoms with Gasteiger partial charge in [-0.3, -0.25) is 4.90 Å². The van der Waals surface area contributed by atoms with Crippen LogP contribution in [0.25, 0.3) is 0 Å². The minimum atomic E-state index is -0.956. The van der Waals surface area contributed by atoms with Gasteiger partial charge in [-0.15, -0.1) is 0 Å². The quantitative estimate of drug-likeness (QED) is 0.437. The van der Waals surface area contributed by atoms with Crippen LogP contribution in [0.1, 0.15) is 0 Å². The molecule has 0 aromatic carbocycles. The molecular formula is C7H12N2O4. The van der Waals surface area contributed by atoms with Crippen molar-refractivity contribution < 1.29 is 19.7 Å². The van der Waals surface area contributed by atoms with Gasteiger partial charge >= 0.3 is 6.09 Å². The highest BCUT2D eigenvalue weighted by molar-refractivity contribution is 5.71. The van der Waals surface area contributed by atoms with E-state index in [0.717, 1.165) is 0 Å². The molecule has 0 aromatic rings. The largest absolute Gasteiger partial charge is 0.447 e. The summed E-state index contributed by atoms with van der Waals surface area (Å²) in [6.45, 7) is 0.261. The SMILES string of the molecule is NC[C@@H]1[C@H](O)[C@H](O)[C@H]2COC(=O)N12. The van der Waals surface area contributed by atoms with Gasteiger partial charge in [-0.05, 0) is 0 Å². The Morgan fingerprint density at radius 2 is 2.23 bits per heavy atom. The number of carbonyl (C=O) groups excluding carboxylic acids is 1. The Hall–Kier alpha value is -0.850. The number of carbonyl (C=O) groups is 1. The van der Waals surface area contributed by atoms with Crippen molar-refractivity contribution in [2.45, 2.75) is 24.3 Å². The number of aliphatic hydroxyl groups excluding tert-OH is 2. The molecule has 2 fully saturated rings. The fourth-order valence-electron chi connectivity index (χ4n) is 1.96. The smallest absolute Gasteiger partial charge is 0.410 e. The Morgan fingerprint density at radius 1 is 1.54 bits per heavy atom. The maximum absolute atomic E-state index is 11.1. The molecule has 0 spiro atoms. The molecule has 4 N–H and O–H groups in total. The van der Waals surface area contributed by atoms with E-state index in [1.165, 1.54) is 4.90 Å². The van der Waals surface area contributed by atoms with Crippen molar-refractivity contribution in [2.75, 3.05) is 13.2 Å². The summed E-state index contributed by atoms with van der Waals surface area (Å²) in [4.78, 5) is 12.5. The van der Waals surface area contributed by atoms with Crippen molar-refractivity contribution in [2.24, 2.45) is 5.73 Å². The van der Waals surface area contributed by atoms with Gasteiger partial charge in [0, 0.05) is 6.54 Å². The van der Waals surface area contributed by atoms with E-state index >= 15 is 0 Å². The molecule has 74 valence electrons. The number of ether oxygens (including phenoxy) is 1. The number of hydrogen-bond donors (Lipinski definition) is 3. The van der Waals surface area contributed by atoms with Crippen LogP contribution in [0.2, 0.25) is 0 Å². The van der Waals surface area contributed by atoms with E-state index in [4.69, 9.17) is 10.5 Å². The molecule has 0 saturated carbocycles. The molecule has 4 atom stereocenters. The topological polar surface area (TPSA) is 96.0 Å². The molecule has 2 rings (SSSR count). The minimum Gasteiger partial charge on any atom is -0.447 e. The van der Waals surface area contributed by atoms with Gasteiger partial charge in [0.15, 0.2) is 0 Å². The maximum atomic E-state index is 11.1. The number of cyclic esters (lactones) is 1. The Kier molecular flexibility index (Phi) is 1.90. The van der Waals surface area contributed by atoms with Gasteiger partial charge in [0.05, 0.1) is 12.1 Å².